The molecule has 152 valence electrons. The van der Waals surface area contributed by atoms with E-state index in [4.69, 9.17) is 13.9 Å². The monoisotopic (exact) mass is 388 g/mol. The first-order chi connectivity index (χ1) is 13.6. The number of oxazole rings is 1. The molecule has 3 heterocycles. The quantitative estimate of drug-likeness (QED) is 0.743. The molecule has 1 aliphatic carbocycles. The van der Waals surface area contributed by atoms with E-state index >= 15 is 0 Å². The van der Waals surface area contributed by atoms with E-state index < -0.39 is 0 Å². The van der Waals surface area contributed by atoms with Crippen molar-refractivity contribution in [3.05, 3.63) is 12.1 Å². The molecule has 0 bridgehead atoms. The molecule has 8 nitrogen and oxygen atoms in total. The molecule has 8 heteroatoms. The summed E-state index contributed by atoms with van der Waals surface area (Å²) in [4.78, 5) is 22.2. The number of carbonyl (C=O) groups is 1. The van der Waals surface area contributed by atoms with Crippen LogP contribution in [0.15, 0.2) is 16.5 Å². The Balaban J connectivity index is 1.29. The molecule has 4 rings (SSSR count). The van der Waals surface area contributed by atoms with E-state index in [0.29, 0.717) is 30.1 Å². The summed E-state index contributed by atoms with van der Waals surface area (Å²) in [7, 11) is 0. The molecule has 0 aromatic carbocycles. The average Bonchev–Trinajstić information content (AvgIpc) is 3.41. The van der Waals surface area contributed by atoms with Gasteiger partial charge in [0.2, 0.25) is 11.8 Å². The number of amides is 1. The van der Waals surface area contributed by atoms with Crippen LogP contribution in [0.5, 0.6) is 5.88 Å². The Hall–Kier alpha value is -2.35. The third kappa shape index (κ3) is 4.92. The summed E-state index contributed by atoms with van der Waals surface area (Å²) in [5.74, 6) is 1.26. The zero-order valence-corrected chi connectivity index (χ0v) is 16.5. The molecule has 1 atom stereocenters. The first kappa shape index (κ1) is 19.0. The lowest BCUT2D eigenvalue weighted by Gasteiger charge is -2.31. The van der Waals surface area contributed by atoms with Gasteiger partial charge in [0.25, 0.3) is 11.7 Å². The summed E-state index contributed by atoms with van der Waals surface area (Å²) < 4.78 is 17.5. The van der Waals surface area contributed by atoms with Crippen molar-refractivity contribution in [3.63, 3.8) is 0 Å². The summed E-state index contributed by atoms with van der Waals surface area (Å²) >= 11 is 0. The van der Waals surface area contributed by atoms with Gasteiger partial charge in [-0.25, -0.2) is 0 Å². The van der Waals surface area contributed by atoms with Crippen LogP contribution in [0.3, 0.4) is 0 Å². The second-order valence-electron chi connectivity index (χ2n) is 7.85. The summed E-state index contributed by atoms with van der Waals surface area (Å²) in [6.07, 6.45) is 4.49. The number of nitrogens with one attached hydrogen (secondary N) is 1. The van der Waals surface area contributed by atoms with E-state index in [-0.39, 0.29) is 18.1 Å². The predicted octanol–water partition coefficient (Wildman–Crippen LogP) is 2.52. The third-order valence-corrected chi connectivity index (χ3v) is 5.13. The van der Waals surface area contributed by atoms with Crippen molar-refractivity contribution in [2.45, 2.75) is 51.7 Å². The minimum Gasteiger partial charge on any atom is -0.477 e. The van der Waals surface area contributed by atoms with Crippen LogP contribution >= 0.6 is 0 Å². The van der Waals surface area contributed by atoms with Crippen LogP contribution in [0.2, 0.25) is 0 Å². The molecular formula is C20H28N4O4. The maximum Gasteiger partial charge on any atom is 0.299 e. The van der Waals surface area contributed by atoms with Crippen molar-refractivity contribution < 1.29 is 18.7 Å². The lowest BCUT2D eigenvalue weighted by Crippen LogP contribution is -2.40. The maximum atomic E-state index is 11.1. The zero-order chi connectivity index (χ0) is 19.5. The number of fused-ring (bicyclic) bond motifs is 1. The number of hydrogen-bond donors (Lipinski definition) is 1. The Morgan fingerprint density at radius 1 is 1.29 bits per heavy atom. The SMILES string of the molecule is CC(=O)N[C@@H](C)COC1CCN(c2nc3ccc(OCC4CC4)nc3o2)CC1. The zero-order valence-electron chi connectivity index (χ0n) is 16.5. The van der Waals surface area contributed by atoms with Crippen molar-refractivity contribution >= 4 is 23.2 Å². The van der Waals surface area contributed by atoms with Crippen LogP contribution in [0.25, 0.3) is 11.2 Å². The molecule has 0 spiro atoms. The van der Waals surface area contributed by atoms with Gasteiger partial charge in [-0.2, -0.15) is 9.97 Å². The van der Waals surface area contributed by atoms with Crippen LogP contribution in [-0.2, 0) is 9.53 Å². The fraction of sp³-hybridized carbons (Fsp3) is 0.650. The lowest BCUT2D eigenvalue weighted by molar-refractivity contribution is -0.120. The minimum absolute atomic E-state index is 0.0231. The Bertz CT molecular complexity index is 812. The highest BCUT2D eigenvalue weighted by molar-refractivity contribution is 5.73. The van der Waals surface area contributed by atoms with Crippen molar-refractivity contribution in [2.24, 2.45) is 5.92 Å². The lowest BCUT2D eigenvalue weighted by atomic mass is 10.1. The van der Waals surface area contributed by atoms with Gasteiger partial charge in [0, 0.05) is 32.1 Å². The molecule has 2 aromatic rings. The van der Waals surface area contributed by atoms with Gasteiger partial charge in [-0.05, 0) is 44.6 Å². The number of anilines is 1. The van der Waals surface area contributed by atoms with Crippen LogP contribution in [0, 0.1) is 5.92 Å². The van der Waals surface area contributed by atoms with E-state index in [1.165, 1.54) is 19.8 Å². The van der Waals surface area contributed by atoms with Crippen LogP contribution in [0.1, 0.15) is 39.5 Å². The number of pyridine rings is 1. The molecule has 1 saturated carbocycles. The highest BCUT2D eigenvalue weighted by Gasteiger charge is 2.25. The number of aromatic nitrogens is 2. The molecule has 1 amide bonds. The number of nitrogens with zero attached hydrogens (tertiary/aromatic N) is 3. The van der Waals surface area contributed by atoms with Crippen LogP contribution in [-0.4, -0.2) is 54.3 Å². The average molecular weight is 388 g/mol. The second kappa shape index (κ2) is 8.34. The normalized spacial score (nSPS) is 19.0. The Morgan fingerprint density at radius 2 is 2.07 bits per heavy atom. The molecule has 1 N–H and O–H groups in total. The first-order valence-electron chi connectivity index (χ1n) is 10.1. The number of rotatable bonds is 8. The van der Waals surface area contributed by atoms with Crippen molar-refractivity contribution in [1.82, 2.24) is 15.3 Å². The summed E-state index contributed by atoms with van der Waals surface area (Å²) in [5, 5.41) is 2.84. The van der Waals surface area contributed by atoms with Gasteiger partial charge >= 0.3 is 0 Å². The highest BCUT2D eigenvalue weighted by atomic mass is 16.5. The van der Waals surface area contributed by atoms with E-state index in [1.54, 1.807) is 0 Å². The van der Waals surface area contributed by atoms with Crippen molar-refractivity contribution in [1.29, 1.82) is 0 Å². The van der Waals surface area contributed by atoms with Gasteiger partial charge in [-0.15, -0.1) is 0 Å². The van der Waals surface area contributed by atoms with Crippen LogP contribution < -0.4 is 15.0 Å². The van der Waals surface area contributed by atoms with Crippen LogP contribution in [0.4, 0.5) is 6.01 Å². The molecule has 1 aliphatic heterocycles. The van der Waals surface area contributed by atoms with Gasteiger partial charge in [0.15, 0.2) is 0 Å². The van der Waals surface area contributed by atoms with E-state index in [0.717, 1.165) is 38.1 Å². The predicted molar refractivity (Wildman–Crippen MR) is 104 cm³/mol. The maximum absolute atomic E-state index is 11.1. The topological polar surface area (TPSA) is 89.7 Å². The number of hydrogen-bond acceptors (Lipinski definition) is 7. The molecule has 0 radical (unpaired) electrons. The van der Waals surface area contributed by atoms with E-state index in [9.17, 15) is 4.79 Å². The van der Waals surface area contributed by atoms with Gasteiger partial charge in [-0.3, -0.25) is 4.79 Å². The van der Waals surface area contributed by atoms with Gasteiger partial charge in [0.1, 0.15) is 5.52 Å². The van der Waals surface area contributed by atoms with E-state index in [1.807, 2.05) is 19.1 Å². The van der Waals surface area contributed by atoms with Gasteiger partial charge < -0.3 is 24.1 Å². The number of piperidine rings is 1. The highest BCUT2D eigenvalue weighted by Crippen LogP contribution is 2.30. The molecule has 1 saturated heterocycles. The Morgan fingerprint density at radius 3 is 2.79 bits per heavy atom. The first-order valence-corrected chi connectivity index (χ1v) is 10.1. The summed E-state index contributed by atoms with van der Waals surface area (Å²) in [5.41, 5.74) is 1.27. The molecule has 2 aliphatic rings. The largest absolute Gasteiger partial charge is 0.477 e. The number of ether oxygens (including phenoxy) is 2. The fourth-order valence-corrected chi connectivity index (χ4v) is 3.37. The third-order valence-electron chi connectivity index (χ3n) is 5.13. The van der Waals surface area contributed by atoms with Gasteiger partial charge in [0.05, 0.1) is 19.3 Å². The van der Waals surface area contributed by atoms with Crippen molar-refractivity contribution in [2.75, 3.05) is 31.2 Å². The number of carbonyl (C=O) groups excluding carboxylic acids is 1. The standard InChI is InChI=1S/C20H28N4O4/c1-13(21-14(2)25)11-26-16-7-9-24(10-8-16)20-22-17-5-6-18(23-19(17)28-20)27-12-15-3-4-15/h5-6,13,15-16H,3-4,7-12H2,1-2H3,(H,21,25)/t13-/m0/s1. The smallest absolute Gasteiger partial charge is 0.299 e. The molecule has 2 fully saturated rings. The fourth-order valence-electron chi connectivity index (χ4n) is 3.37. The Labute approximate surface area is 164 Å². The Kier molecular flexibility index (Phi) is 5.66. The summed E-state index contributed by atoms with van der Waals surface area (Å²) in [6.45, 7) is 6.36. The molecule has 2 aromatic heterocycles. The minimum atomic E-state index is -0.0309. The van der Waals surface area contributed by atoms with E-state index in [2.05, 4.69) is 20.2 Å². The van der Waals surface area contributed by atoms with Gasteiger partial charge in [-0.1, -0.05) is 0 Å². The second-order valence-corrected chi connectivity index (χ2v) is 7.85. The molecule has 0 unspecified atom stereocenters. The molecule has 28 heavy (non-hydrogen) atoms. The molecular weight excluding hydrogens is 360 g/mol. The summed E-state index contributed by atoms with van der Waals surface area (Å²) in [6, 6.07) is 4.38. The van der Waals surface area contributed by atoms with Crippen molar-refractivity contribution in [3.8, 4) is 5.88 Å².